The van der Waals surface area contributed by atoms with Crippen molar-refractivity contribution >= 4 is 33.3 Å². The standard InChI is InChI=1S/C17H10ClN3/c18-17-13-8-2-1-7-12(13)16(20-21-17)14-9-3-5-11-6-4-10-19-15(11)14/h1-10H. The average molecular weight is 292 g/mol. The van der Waals surface area contributed by atoms with Crippen LogP contribution in [-0.2, 0) is 0 Å². The zero-order valence-corrected chi connectivity index (χ0v) is 11.7. The Morgan fingerprint density at radius 1 is 0.762 bits per heavy atom. The molecule has 0 radical (unpaired) electrons. The van der Waals surface area contributed by atoms with Gasteiger partial charge in [-0.3, -0.25) is 4.98 Å². The molecule has 0 aliphatic rings. The first-order valence-corrected chi connectivity index (χ1v) is 6.97. The lowest BCUT2D eigenvalue weighted by molar-refractivity contribution is 1.06. The first-order valence-electron chi connectivity index (χ1n) is 6.59. The molecule has 0 aliphatic carbocycles. The number of halogens is 1. The summed E-state index contributed by atoms with van der Waals surface area (Å²) in [6, 6.07) is 17.9. The molecule has 0 spiro atoms. The molecule has 0 bridgehead atoms. The normalized spacial score (nSPS) is 11.1. The van der Waals surface area contributed by atoms with Crippen LogP contribution in [0.1, 0.15) is 0 Å². The highest BCUT2D eigenvalue weighted by Gasteiger charge is 2.12. The van der Waals surface area contributed by atoms with Gasteiger partial charge in [0.2, 0.25) is 0 Å². The van der Waals surface area contributed by atoms with Crippen molar-refractivity contribution in [1.29, 1.82) is 0 Å². The first kappa shape index (κ1) is 12.2. The second-order valence-corrected chi connectivity index (χ2v) is 5.12. The Labute approximate surface area is 126 Å². The predicted molar refractivity (Wildman–Crippen MR) is 85.3 cm³/mol. The van der Waals surface area contributed by atoms with Gasteiger partial charge in [-0.15, -0.1) is 10.2 Å². The van der Waals surface area contributed by atoms with Gasteiger partial charge in [0, 0.05) is 27.9 Å². The van der Waals surface area contributed by atoms with Gasteiger partial charge in [0.05, 0.1) is 5.52 Å². The third-order valence-electron chi connectivity index (χ3n) is 3.53. The number of pyridine rings is 1. The minimum absolute atomic E-state index is 0.419. The van der Waals surface area contributed by atoms with Crippen LogP contribution in [0.15, 0.2) is 60.8 Å². The third-order valence-corrected chi connectivity index (χ3v) is 3.81. The van der Waals surface area contributed by atoms with E-state index in [-0.39, 0.29) is 0 Å². The van der Waals surface area contributed by atoms with Gasteiger partial charge in [0.1, 0.15) is 5.69 Å². The molecule has 4 rings (SSSR count). The van der Waals surface area contributed by atoms with Crippen LogP contribution < -0.4 is 0 Å². The fourth-order valence-corrected chi connectivity index (χ4v) is 2.77. The molecular weight excluding hydrogens is 282 g/mol. The zero-order chi connectivity index (χ0) is 14.2. The SMILES string of the molecule is Clc1nnc(-c2cccc3cccnc23)c2ccccc12. The molecule has 21 heavy (non-hydrogen) atoms. The molecule has 0 N–H and O–H groups in total. The van der Waals surface area contributed by atoms with Crippen molar-refractivity contribution in [2.75, 3.05) is 0 Å². The number of fused-ring (bicyclic) bond motifs is 2. The second kappa shape index (κ2) is 4.79. The van der Waals surface area contributed by atoms with Crippen molar-refractivity contribution in [1.82, 2.24) is 15.2 Å². The van der Waals surface area contributed by atoms with E-state index in [1.165, 1.54) is 0 Å². The average Bonchev–Trinajstić information content (AvgIpc) is 2.55. The van der Waals surface area contributed by atoms with Gasteiger partial charge in [-0.25, -0.2) is 0 Å². The van der Waals surface area contributed by atoms with E-state index < -0.39 is 0 Å². The molecule has 0 amide bonds. The van der Waals surface area contributed by atoms with Gasteiger partial charge in [-0.2, -0.15) is 0 Å². The lowest BCUT2D eigenvalue weighted by atomic mass is 10.0. The van der Waals surface area contributed by atoms with Crippen LogP contribution >= 0.6 is 11.6 Å². The van der Waals surface area contributed by atoms with Crippen molar-refractivity contribution in [3.05, 3.63) is 65.9 Å². The molecule has 0 aliphatic heterocycles. The maximum atomic E-state index is 6.15. The quantitative estimate of drug-likeness (QED) is 0.518. The van der Waals surface area contributed by atoms with Gasteiger partial charge in [-0.05, 0) is 6.07 Å². The summed E-state index contributed by atoms with van der Waals surface area (Å²) in [4.78, 5) is 4.49. The Morgan fingerprint density at radius 2 is 1.57 bits per heavy atom. The van der Waals surface area contributed by atoms with Crippen LogP contribution in [0.2, 0.25) is 5.15 Å². The van der Waals surface area contributed by atoms with Crippen LogP contribution in [0.4, 0.5) is 0 Å². The van der Waals surface area contributed by atoms with Crippen LogP contribution in [0.3, 0.4) is 0 Å². The smallest absolute Gasteiger partial charge is 0.159 e. The lowest BCUT2D eigenvalue weighted by Crippen LogP contribution is -1.93. The number of aromatic nitrogens is 3. The van der Waals surface area contributed by atoms with Crippen LogP contribution in [0.25, 0.3) is 32.9 Å². The van der Waals surface area contributed by atoms with Gasteiger partial charge in [0.15, 0.2) is 5.15 Å². The molecule has 4 aromatic rings. The molecule has 3 nitrogen and oxygen atoms in total. The maximum Gasteiger partial charge on any atom is 0.159 e. The lowest BCUT2D eigenvalue weighted by Gasteiger charge is -2.08. The van der Waals surface area contributed by atoms with Crippen molar-refractivity contribution < 1.29 is 0 Å². The Bertz CT molecular complexity index is 961. The minimum atomic E-state index is 0.419. The molecule has 2 aromatic heterocycles. The summed E-state index contributed by atoms with van der Waals surface area (Å²) in [6.07, 6.45) is 1.79. The summed E-state index contributed by atoms with van der Waals surface area (Å²) >= 11 is 6.15. The molecular formula is C17H10ClN3. The van der Waals surface area contributed by atoms with Crippen LogP contribution in [0.5, 0.6) is 0 Å². The Morgan fingerprint density at radius 3 is 2.48 bits per heavy atom. The van der Waals surface area contributed by atoms with Crippen molar-refractivity contribution in [2.24, 2.45) is 0 Å². The summed E-state index contributed by atoms with van der Waals surface area (Å²) in [7, 11) is 0. The molecule has 4 heteroatoms. The second-order valence-electron chi connectivity index (χ2n) is 4.77. The molecule has 0 atom stereocenters. The Balaban J connectivity index is 2.13. The Kier molecular flexibility index (Phi) is 2.79. The first-order chi connectivity index (χ1) is 10.3. The van der Waals surface area contributed by atoms with E-state index in [9.17, 15) is 0 Å². The monoisotopic (exact) mass is 291 g/mol. The van der Waals surface area contributed by atoms with Gasteiger partial charge >= 0.3 is 0 Å². The van der Waals surface area contributed by atoms with E-state index >= 15 is 0 Å². The molecule has 2 aromatic carbocycles. The van der Waals surface area contributed by atoms with E-state index in [2.05, 4.69) is 15.2 Å². The van der Waals surface area contributed by atoms with E-state index in [1.54, 1.807) is 6.20 Å². The highest BCUT2D eigenvalue weighted by atomic mass is 35.5. The summed E-state index contributed by atoms with van der Waals surface area (Å²) < 4.78 is 0. The topological polar surface area (TPSA) is 38.7 Å². The van der Waals surface area contributed by atoms with Crippen molar-refractivity contribution in [3.63, 3.8) is 0 Å². The van der Waals surface area contributed by atoms with E-state index in [0.717, 1.165) is 32.9 Å². The minimum Gasteiger partial charge on any atom is -0.256 e. The van der Waals surface area contributed by atoms with E-state index in [4.69, 9.17) is 11.6 Å². The molecule has 0 saturated carbocycles. The maximum absolute atomic E-state index is 6.15. The van der Waals surface area contributed by atoms with Crippen LogP contribution in [-0.4, -0.2) is 15.2 Å². The number of rotatable bonds is 1. The summed E-state index contributed by atoms with van der Waals surface area (Å²) in [6.45, 7) is 0. The van der Waals surface area contributed by atoms with Gasteiger partial charge < -0.3 is 0 Å². The third kappa shape index (κ3) is 1.94. The van der Waals surface area contributed by atoms with Crippen LogP contribution in [0, 0.1) is 0 Å². The summed E-state index contributed by atoms with van der Waals surface area (Å²) in [5.41, 5.74) is 2.69. The summed E-state index contributed by atoms with van der Waals surface area (Å²) in [5.74, 6) is 0. The molecule has 0 fully saturated rings. The largest absolute Gasteiger partial charge is 0.256 e. The molecule has 2 heterocycles. The number of benzene rings is 2. The highest BCUT2D eigenvalue weighted by Crippen LogP contribution is 2.32. The predicted octanol–water partition coefficient (Wildman–Crippen LogP) is 4.50. The fraction of sp³-hybridized carbons (Fsp3) is 0. The highest BCUT2D eigenvalue weighted by molar-refractivity contribution is 6.34. The van der Waals surface area contributed by atoms with Crippen molar-refractivity contribution in [2.45, 2.75) is 0 Å². The summed E-state index contributed by atoms with van der Waals surface area (Å²) in [5, 5.41) is 11.8. The van der Waals surface area contributed by atoms with Gasteiger partial charge in [-0.1, -0.05) is 60.1 Å². The molecule has 0 saturated heterocycles. The number of hydrogen-bond acceptors (Lipinski definition) is 3. The number of para-hydroxylation sites is 1. The number of hydrogen-bond donors (Lipinski definition) is 0. The molecule has 100 valence electrons. The van der Waals surface area contributed by atoms with Crippen molar-refractivity contribution in [3.8, 4) is 11.3 Å². The van der Waals surface area contributed by atoms with E-state index in [0.29, 0.717) is 5.15 Å². The molecule has 0 unspecified atom stereocenters. The van der Waals surface area contributed by atoms with Gasteiger partial charge in [0.25, 0.3) is 0 Å². The zero-order valence-electron chi connectivity index (χ0n) is 11.0. The van der Waals surface area contributed by atoms with E-state index in [1.807, 2.05) is 54.6 Å². The Hall–Kier alpha value is -2.52. The fourth-order valence-electron chi connectivity index (χ4n) is 2.57. The number of nitrogens with zero attached hydrogens (tertiary/aromatic N) is 3.